The number of amides is 1. The first kappa shape index (κ1) is 9.66. The largest absolute Gasteiger partial charge is 0.447 e. The molecule has 0 bridgehead atoms. The monoisotopic (exact) mass is 164 g/mol. The number of nitrogens with two attached hydrogens (primary N) is 2. The van der Waals surface area contributed by atoms with Crippen LogP contribution in [0, 0.1) is 0 Å². The molecule has 0 aromatic rings. The van der Waals surface area contributed by atoms with Gasteiger partial charge in [0.15, 0.2) is 0 Å². The standard InChI is InChI=1S/C4H8N2O5/c5-2(1-7)3(8)10-11-4(6)9/h2,7H,1,5H2,(H2,6,9). The van der Waals surface area contributed by atoms with E-state index in [1.54, 1.807) is 0 Å². The summed E-state index contributed by atoms with van der Waals surface area (Å²) in [4.78, 5) is 27.7. The SMILES string of the molecule is NC(=O)OOC(=O)C(N)CO. The maximum atomic E-state index is 10.4. The first-order valence-corrected chi connectivity index (χ1v) is 2.62. The molecule has 0 aromatic carbocycles. The predicted octanol–water partition coefficient (Wildman–Crippen LogP) is -2.14. The van der Waals surface area contributed by atoms with Crippen LogP contribution in [-0.2, 0) is 14.6 Å². The van der Waals surface area contributed by atoms with Gasteiger partial charge in [0.2, 0.25) is 0 Å². The Kier molecular flexibility index (Phi) is 3.93. The van der Waals surface area contributed by atoms with Crippen LogP contribution in [0.5, 0.6) is 0 Å². The van der Waals surface area contributed by atoms with Crippen LogP contribution in [0.3, 0.4) is 0 Å². The summed E-state index contributed by atoms with van der Waals surface area (Å²) in [6.07, 6.45) is -1.26. The highest BCUT2D eigenvalue weighted by atomic mass is 17.2. The molecule has 0 aliphatic rings. The Morgan fingerprint density at radius 2 is 2.00 bits per heavy atom. The average molecular weight is 164 g/mol. The first-order valence-electron chi connectivity index (χ1n) is 2.62. The highest BCUT2D eigenvalue weighted by molar-refractivity contribution is 5.76. The van der Waals surface area contributed by atoms with E-state index in [-0.39, 0.29) is 0 Å². The van der Waals surface area contributed by atoms with Crippen LogP contribution in [0.1, 0.15) is 0 Å². The van der Waals surface area contributed by atoms with Crippen molar-refractivity contribution in [2.75, 3.05) is 6.61 Å². The number of primary amides is 1. The molecule has 5 N–H and O–H groups in total. The molecule has 0 aromatic heterocycles. The molecule has 0 aliphatic carbocycles. The lowest BCUT2D eigenvalue weighted by Gasteiger charge is -2.04. The minimum Gasteiger partial charge on any atom is -0.394 e. The summed E-state index contributed by atoms with van der Waals surface area (Å²) in [7, 11) is 0. The molecule has 7 nitrogen and oxygen atoms in total. The Balaban J connectivity index is 3.60. The topological polar surface area (TPSA) is 125 Å². The van der Waals surface area contributed by atoms with E-state index in [0.717, 1.165) is 0 Å². The lowest BCUT2D eigenvalue weighted by atomic mass is 10.3. The van der Waals surface area contributed by atoms with Crippen LogP contribution in [0.4, 0.5) is 4.79 Å². The fourth-order valence-electron chi connectivity index (χ4n) is 0.218. The van der Waals surface area contributed by atoms with Crippen molar-refractivity contribution in [3.05, 3.63) is 0 Å². The van der Waals surface area contributed by atoms with Gasteiger partial charge in [0.1, 0.15) is 6.04 Å². The molecule has 1 unspecified atom stereocenters. The van der Waals surface area contributed by atoms with Gasteiger partial charge in [-0.15, -0.1) is 0 Å². The molecule has 0 spiro atoms. The van der Waals surface area contributed by atoms with E-state index in [4.69, 9.17) is 10.8 Å². The molecule has 1 amide bonds. The second kappa shape index (κ2) is 4.47. The van der Waals surface area contributed by atoms with Gasteiger partial charge in [-0.1, -0.05) is 0 Å². The number of aliphatic hydroxyl groups is 1. The van der Waals surface area contributed by atoms with Gasteiger partial charge in [0, 0.05) is 0 Å². The van der Waals surface area contributed by atoms with Gasteiger partial charge in [-0.25, -0.2) is 19.4 Å². The Morgan fingerprint density at radius 1 is 1.45 bits per heavy atom. The highest BCUT2D eigenvalue weighted by Gasteiger charge is 2.15. The number of aliphatic hydroxyl groups excluding tert-OH is 1. The van der Waals surface area contributed by atoms with Crippen LogP contribution >= 0.6 is 0 Å². The fraction of sp³-hybridized carbons (Fsp3) is 0.500. The van der Waals surface area contributed by atoms with Crippen LogP contribution in [0.15, 0.2) is 0 Å². The van der Waals surface area contributed by atoms with Crippen LogP contribution in [0.2, 0.25) is 0 Å². The quantitative estimate of drug-likeness (QED) is 0.316. The van der Waals surface area contributed by atoms with Crippen LogP contribution in [0.25, 0.3) is 0 Å². The molecule has 1 atom stereocenters. The maximum absolute atomic E-state index is 10.4. The summed E-state index contributed by atoms with van der Waals surface area (Å²) >= 11 is 0. The summed E-state index contributed by atoms with van der Waals surface area (Å²) in [6.45, 7) is -0.596. The molecule has 0 heterocycles. The van der Waals surface area contributed by atoms with Crippen molar-refractivity contribution in [2.45, 2.75) is 6.04 Å². The summed E-state index contributed by atoms with van der Waals surface area (Å²) in [5, 5.41) is 8.27. The Hall–Kier alpha value is -1.34. The van der Waals surface area contributed by atoms with E-state index in [1.807, 2.05) is 0 Å². The zero-order valence-electron chi connectivity index (χ0n) is 5.52. The molecule has 0 fully saturated rings. The van der Waals surface area contributed by atoms with Crippen molar-refractivity contribution in [3.8, 4) is 0 Å². The van der Waals surface area contributed by atoms with E-state index < -0.39 is 24.7 Å². The third-order valence-electron chi connectivity index (χ3n) is 0.705. The van der Waals surface area contributed by atoms with Gasteiger partial charge in [-0.3, -0.25) is 0 Å². The zero-order valence-corrected chi connectivity index (χ0v) is 5.52. The van der Waals surface area contributed by atoms with Crippen molar-refractivity contribution in [1.82, 2.24) is 0 Å². The molecule has 0 radical (unpaired) electrons. The molecule has 64 valence electrons. The number of hydrogen-bond donors (Lipinski definition) is 3. The van der Waals surface area contributed by atoms with E-state index in [9.17, 15) is 9.59 Å². The van der Waals surface area contributed by atoms with E-state index >= 15 is 0 Å². The second-order valence-corrected chi connectivity index (χ2v) is 1.59. The lowest BCUT2D eigenvalue weighted by molar-refractivity contribution is -0.232. The molecule has 0 saturated carbocycles. The zero-order chi connectivity index (χ0) is 8.85. The van der Waals surface area contributed by atoms with Crippen molar-refractivity contribution in [1.29, 1.82) is 0 Å². The fourth-order valence-corrected chi connectivity index (χ4v) is 0.218. The van der Waals surface area contributed by atoms with Gasteiger partial charge in [0.05, 0.1) is 6.61 Å². The van der Waals surface area contributed by atoms with Crippen LogP contribution in [-0.4, -0.2) is 29.8 Å². The predicted molar refractivity (Wildman–Crippen MR) is 31.8 cm³/mol. The minimum atomic E-state index is -1.26. The number of rotatable bonds is 2. The van der Waals surface area contributed by atoms with Crippen molar-refractivity contribution >= 4 is 12.1 Å². The second-order valence-electron chi connectivity index (χ2n) is 1.59. The van der Waals surface area contributed by atoms with Gasteiger partial charge >= 0.3 is 12.1 Å². The highest BCUT2D eigenvalue weighted by Crippen LogP contribution is 1.85. The van der Waals surface area contributed by atoms with E-state index in [1.165, 1.54) is 0 Å². The third kappa shape index (κ3) is 4.12. The molecule has 0 aliphatic heterocycles. The minimum absolute atomic E-state index is 0.596. The van der Waals surface area contributed by atoms with Gasteiger partial charge in [-0.05, 0) is 0 Å². The average Bonchev–Trinajstić information content (AvgIpc) is 1.98. The maximum Gasteiger partial charge on any atom is 0.447 e. The molecular weight excluding hydrogens is 156 g/mol. The Labute approximate surface area is 61.8 Å². The van der Waals surface area contributed by atoms with Gasteiger partial charge in [0.25, 0.3) is 0 Å². The van der Waals surface area contributed by atoms with Crippen molar-refractivity contribution in [2.24, 2.45) is 11.5 Å². The molecule has 11 heavy (non-hydrogen) atoms. The number of hydrogen-bond acceptors (Lipinski definition) is 6. The normalized spacial score (nSPS) is 11.8. The van der Waals surface area contributed by atoms with E-state index in [0.29, 0.717) is 0 Å². The smallest absolute Gasteiger partial charge is 0.394 e. The summed E-state index contributed by atoms with van der Waals surface area (Å²) in [5.74, 6) is -1.06. The molecule has 0 saturated heterocycles. The van der Waals surface area contributed by atoms with E-state index in [2.05, 4.69) is 15.5 Å². The van der Waals surface area contributed by atoms with Crippen LogP contribution < -0.4 is 11.5 Å². The number of carbonyl (C=O) groups excluding carboxylic acids is 2. The molecular formula is C4H8N2O5. The summed E-state index contributed by atoms with van der Waals surface area (Å²) < 4.78 is 0. The van der Waals surface area contributed by atoms with Gasteiger partial charge in [-0.2, -0.15) is 0 Å². The van der Waals surface area contributed by atoms with Crippen molar-refractivity contribution in [3.63, 3.8) is 0 Å². The third-order valence-corrected chi connectivity index (χ3v) is 0.705. The first-order chi connectivity index (χ1) is 5.07. The number of carbonyl (C=O) groups is 2. The lowest BCUT2D eigenvalue weighted by Crippen LogP contribution is -2.36. The molecule has 0 rings (SSSR count). The Bertz CT molecular complexity index is 159. The summed E-state index contributed by atoms with van der Waals surface area (Å²) in [5.41, 5.74) is 9.39. The molecule has 7 heteroatoms. The Morgan fingerprint density at radius 3 is 2.36 bits per heavy atom. The summed E-state index contributed by atoms with van der Waals surface area (Å²) in [6, 6.07) is -1.23. The van der Waals surface area contributed by atoms with Crippen molar-refractivity contribution < 1.29 is 24.5 Å². The van der Waals surface area contributed by atoms with Gasteiger partial charge < -0.3 is 16.6 Å².